The van der Waals surface area contributed by atoms with Crippen LogP contribution in [0.25, 0.3) is 6.08 Å². The zero-order valence-electron chi connectivity index (χ0n) is 18.4. The van der Waals surface area contributed by atoms with Crippen molar-refractivity contribution in [3.05, 3.63) is 97.7 Å². The van der Waals surface area contributed by atoms with Crippen LogP contribution in [0.3, 0.4) is 0 Å². The highest BCUT2D eigenvalue weighted by atomic mass is 32.1. The molecule has 1 fully saturated rings. The van der Waals surface area contributed by atoms with E-state index >= 15 is 0 Å². The molecule has 0 radical (unpaired) electrons. The standard InChI is InChI=1S/C26H25N3O3S/c1-17-10-11-33-23(17)13-21(27-25(31)19-6-3-2-4-7-19)26(32)28-14-18-12-20(16-28)22-8-5-9-24(30)29(22)15-18/h2-11,13,18,20H,12,14-16H2,1H3,(H,27,31)/b21-13+. The van der Waals surface area contributed by atoms with E-state index in [4.69, 9.17) is 0 Å². The van der Waals surface area contributed by atoms with Crippen molar-refractivity contribution in [1.29, 1.82) is 0 Å². The van der Waals surface area contributed by atoms with E-state index < -0.39 is 0 Å². The Hall–Kier alpha value is -3.45. The Morgan fingerprint density at radius 2 is 1.85 bits per heavy atom. The number of pyridine rings is 1. The number of nitrogens with zero attached hydrogens (tertiary/aromatic N) is 2. The Kier molecular flexibility index (Phi) is 5.72. The molecule has 4 heterocycles. The summed E-state index contributed by atoms with van der Waals surface area (Å²) in [5.41, 5.74) is 2.85. The molecule has 7 heteroatoms. The van der Waals surface area contributed by atoms with E-state index in [2.05, 4.69) is 5.32 Å². The molecule has 168 valence electrons. The van der Waals surface area contributed by atoms with E-state index in [9.17, 15) is 14.4 Å². The second-order valence-corrected chi connectivity index (χ2v) is 9.70. The van der Waals surface area contributed by atoms with Crippen LogP contribution in [0.4, 0.5) is 0 Å². The first kappa shape index (κ1) is 21.4. The van der Waals surface area contributed by atoms with Crippen molar-refractivity contribution in [2.75, 3.05) is 13.1 Å². The Morgan fingerprint density at radius 3 is 2.61 bits per heavy atom. The minimum atomic E-state index is -0.307. The summed E-state index contributed by atoms with van der Waals surface area (Å²) in [4.78, 5) is 41.7. The van der Waals surface area contributed by atoms with Gasteiger partial charge in [-0.05, 0) is 60.5 Å². The molecular formula is C26H25N3O3S. The van der Waals surface area contributed by atoms with Crippen LogP contribution in [0, 0.1) is 12.8 Å². The summed E-state index contributed by atoms with van der Waals surface area (Å²) in [6.07, 6.45) is 2.75. The first-order valence-electron chi connectivity index (χ1n) is 11.1. The van der Waals surface area contributed by atoms with Gasteiger partial charge in [0.1, 0.15) is 5.70 Å². The largest absolute Gasteiger partial charge is 0.336 e. The van der Waals surface area contributed by atoms with Gasteiger partial charge in [-0.1, -0.05) is 24.3 Å². The van der Waals surface area contributed by atoms with Gasteiger partial charge in [-0.2, -0.15) is 0 Å². The Bertz CT molecular complexity index is 1290. The molecule has 0 saturated carbocycles. The Balaban J connectivity index is 1.44. The minimum Gasteiger partial charge on any atom is -0.336 e. The molecule has 3 aromatic rings. The lowest BCUT2D eigenvalue weighted by atomic mass is 9.83. The molecule has 1 aromatic carbocycles. The molecule has 0 spiro atoms. The molecule has 1 saturated heterocycles. The fraction of sp³-hybridized carbons (Fsp3) is 0.269. The fourth-order valence-electron chi connectivity index (χ4n) is 4.83. The average molecular weight is 460 g/mol. The molecule has 2 atom stereocenters. The smallest absolute Gasteiger partial charge is 0.270 e. The lowest BCUT2D eigenvalue weighted by Gasteiger charge is -2.43. The van der Waals surface area contributed by atoms with Crippen LogP contribution in [0.1, 0.15) is 38.8 Å². The number of likely N-dealkylation sites (tertiary alicyclic amines) is 1. The zero-order valence-corrected chi connectivity index (χ0v) is 19.2. The molecule has 2 aromatic heterocycles. The molecule has 2 aliphatic heterocycles. The maximum absolute atomic E-state index is 13.7. The molecule has 1 N–H and O–H groups in total. The predicted octanol–water partition coefficient (Wildman–Crippen LogP) is 3.64. The minimum absolute atomic E-state index is 0.0193. The Morgan fingerprint density at radius 1 is 1.03 bits per heavy atom. The number of fused-ring (bicyclic) bond motifs is 4. The molecule has 2 aliphatic rings. The number of amides is 2. The van der Waals surface area contributed by atoms with Gasteiger partial charge in [0.2, 0.25) is 0 Å². The van der Waals surface area contributed by atoms with Gasteiger partial charge in [0.05, 0.1) is 0 Å². The monoisotopic (exact) mass is 459 g/mol. The lowest BCUT2D eigenvalue weighted by Crippen LogP contribution is -2.50. The van der Waals surface area contributed by atoms with Crippen LogP contribution in [-0.4, -0.2) is 34.4 Å². The van der Waals surface area contributed by atoms with Crippen molar-refractivity contribution in [2.45, 2.75) is 25.8 Å². The fourth-order valence-corrected chi connectivity index (χ4v) is 5.69. The number of rotatable bonds is 4. The van der Waals surface area contributed by atoms with Gasteiger partial charge < -0.3 is 14.8 Å². The number of benzene rings is 1. The Labute approximate surface area is 196 Å². The van der Waals surface area contributed by atoms with Crippen LogP contribution in [0.5, 0.6) is 0 Å². The van der Waals surface area contributed by atoms with Crippen molar-refractivity contribution in [3.63, 3.8) is 0 Å². The third-order valence-electron chi connectivity index (χ3n) is 6.46. The van der Waals surface area contributed by atoms with Crippen LogP contribution < -0.4 is 10.9 Å². The van der Waals surface area contributed by atoms with Gasteiger partial charge >= 0.3 is 0 Å². The van der Waals surface area contributed by atoms with Crippen molar-refractivity contribution >= 4 is 29.2 Å². The van der Waals surface area contributed by atoms with Crippen LogP contribution >= 0.6 is 11.3 Å². The summed E-state index contributed by atoms with van der Waals surface area (Å²) in [6.45, 7) is 3.71. The summed E-state index contributed by atoms with van der Waals surface area (Å²) in [6, 6.07) is 16.3. The summed E-state index contributed by atoms with van der Waals surface area (Å²) in [5.74, 6) is -0.160. The van der Waals surface area contributed by atoms with Gasteiger partial charge in [0.15, 0.2) is 0 Å². The zero-order chi connectivity index (χ0) is 22.9. The maximum Gasteiger partial charge on any atom is 0.270 e. The molecule has 5 rings (SSSR count). The van der Waals surface area contributed by atoms with Gasteiger partial charge in [-0.15, -0.1) is 11.3 Å². The quantitative estimate of drug-likeness (QED) is 0.606. The summed E-state index contributed by atoms with van der Waals surface area (Å²) in [7, 11) is 0. The number of carbonyl (C=O) groups is 2. The van der Waals surface area contributed by atoms with Crippen LogP contribution in [0.15, 0.2) is 70.5 Å². The second kappa shape index (κ2) is 8.83. The third-order valence-corrected chi connectivity index (χ3v) is 7.42. The SMILES string of the molecule is Cc1ccsc1/C=C(/NC(=O)c1ccccc1)C(=O)N1CC2CC(C1)c1cccc(=O)n1C2. The van der Waals surface area contributed by atoms with Crippen molar-refractivity contribution in [1.82, 2.24) is 14.8 Å². The van der Waals surface area contributed by atoms with E-state index in [1.165, 1.54) is 11.3 Å². The van der Waals surface area contributed by atoms with Crippen molar-refractivity contribution < 1.29 is 9.59 Å². The highest BCUT2D eigenvalue weighted by molar-refractivity contribution is 7.11. The number of piperidine rings is 1. The van der Waals surface area contributed by atoms with E-state index in [0.29, 0.717) is 25.2 Å². The van der Waals surface area contributed by atoms with E-state index in [1.54, 1.807) is 42.5 Å². The average Bonchev–Trinajstić information content (AvgIpc) is 3.23. The van der Waals surface area contributed by atoms with E-state index in [1.807, 2.05) is 40.0 Å². The number of hydrogen-bond acceptors (Lipinski definition) is 4. The third kappa shape index (κ3) is 4.28. The first-order chi connectivity index (χ1) is 16.0. The molecule has 33 heavy (non-hydrogen) atoms. The second-order valence-electron chi connectivity index (χ2n) is 8.75. The van der Waals surface area contributed by atoms with E-state index in [0.717, 1.165) is 22.6 Å². The van der Waals surface area contributed by atoms with Crippen LogP contribution in [-0.2, 0) is 11.3 Å². The topological polar surface area (TPSA) is 71.4 Å². The number of hydrogen-bond donors (Lipinski definition) is 1. The molecule has 2 bridgehead atoms. The molecule has 6 nitrogen and oxygen atoms in total. The predicted molar refractivity (Wildman–Crippen MR) is 129 cm³/mol. The van der Waals surface area contributed by atoms with Crippen molar-refractivity contribution in [2.24, 2.45) is 5.92 Å². The summed E-state index contributed by atoms with van der Waals surface area (Å²) < 4.78 is 1.85. The number of carbonyl (C=O) groups excluding carboxylic acids is 2. The summed E-state index contributed by atoms with van der Waals surface area (Å²) in [5, 5.41) is 4.85. The molecule has 0 aliphatic carbocycles. The number of thiophene rings is 1. The van der Waals surface area contributed by atoms with Crippen molar-refractivity contribution in [3.8, 4) is 0 Å². The highest BCUT2D eigenvalue weighted by Gasteiger charge is 2.37. The van der Waals surface area contributed by atoms with Crippen LogP contribution in [0.2, 0.25) is 0 Å². The maximum atomic E-state index is 13.7. The van der Waals surface area contributed by atoms with Gasteiger partial charge in [-0.3, -0.25) is 14.4 Å². The molecule has 2 unspecified atom stereocenters. The number of aromatic nitrogens is 1. The van der Waals surface area contributed by atoms with E-state index in [-0.39, 0.29) is 34.9 Å². The normalized spacial score (nSPS) is 19.7. The highest BCUT2D eigenvalue weighted by Crippen LogP contribution is 2.35. The number of aryl methyl sites for hydroxylation is 1. The molecular weight excluding hydrogens is 434 g/mol. The van der Waals surface area contributed by atoms with Gasteiger partial charge in [-0.25, -0.2) is 0 Å². The summed E-state index contributed by atoms with van der Waals surface area (Å²) >= 11 is 1.54. The van der Waals surface area contributed by atoms with Gasteiger partial charge in [0, 0.05) is 47.8 Å². The van der Waals surface area contributed by atoms with Gasteiger partial charge in [0.25, 0.3) is 17.4 Å². The lowest BCUT2D eigenvalue weighted by molar-refractivity contribution is -0.130. The molecule has 2 amide bonds. The number of nitrogens with one attached hydrogen (secondary N) is 1. The first-order valence-corrected chi connectivity index (χ1v) is 12.0.